The number of aromatic amines is 1. The van der Waals surface area contributed by atoms with Gasteiger partial charge in [-0.15, -0.1) is 5.10 Å². The highest BCUT2D eigenvalue weighted by atomic mass is 16.6. The number of rotatable bonds is 6. The number of hydrogen-bond acceptors (Lipinski definition) is 8. The highest BCUT2D eigenvalue weighted by Gasteiger charge is 2.32. The van der Waals surface area contributed by atoms with E-state index in [4.69, 9.17) is 9.47 Å². The molecule has 0 amide bonds. The molecule has 2 aromatic heterocycles. The minimum atomic E-state index is -0.745. The minimum Gasteiger partial charge on any atom is -0.480 e. The molecule has 112 valence electrons. The Morgan fingerprint density at radius 1 is 1.38 bits per heavy atom. The Morgan fingerprint density at radius 3 is 2.62 bits per heavy atom. The van der Waals surface area contributed by atoms with Crippen molar-refractivity contribution in [1.29, 1.82) is 0 Å². The summed E-state index contributed by atoms with van der Waals surface area (Å²) >= 11 is 0. The number of methoxy groups -OCH3 is 1. The highest BCUT2D eigenvalue weighted by molar-refractivity contribution is 5.56. The molecule has 0 fully saturated rings. The van der Waals surface area contributed by atoms with Crippen molar-refractivity contribution in [2.75, 3.05) is 13.7 Å². The molecule has 2 rings (SSSR count). The predicted molar refractivity (Wildman–Crippen MR) is 66.7 cm³/mol. The second-order valence-corrected chi connectivity index (χ2v) is 3.63. The summed E-state index contributed by atoms with van der Waals surface area (Å²) in [4.78, 5) is 20.3. The number of ether oxygens (including phenoxy) is 2. The standard InChI is InChI=1S/C9H10N6O6/c1-3-21-9-7(8(10-11-9)15(18)19)13-6(20-2)4-5(12-13)14(16)17/h4H,3H2,1-2H3,(H,10,11). The molecule has 12 heteroatoms. The molecule has 0 aliphatic heterocycles. The van der Waals surface area contributed by atoms with Crippen molar-refractivity contribution in [3.05, 3.63) is 26.3 Å². The molecule has 21 heavy (non-hydrogen) atoms. The zero-order valence-corrected chi connectivity index (χ0v) is 11.0. The smallest absolute Gasteiger partial charge is 0.394 e. The van der Waals surface area contributed by atoms with Crippen LogP contribution in [0, 0.1) is 20.2 Å². The quantitative estimate of drug-likeness (QED) is 0.607. The van der Waals surface area contributed by atoms with Crippen molar-refractivity contribution in [3.63, 3.8) is 0 Å². The zero-order chi connectivity index (χ0) is 15.6. The van der Waals surface area contributed by atoms with Crippen molar-refractivity contribution in [1.82, 2.24) is 20.0 Å². The van der Waals surface area contributed by atoms with Gasteiger partial charge in [0.15, 0.2) is 0 Å². The van der Waals surface area contributed by atoms with E-state index in [0.29, 0.717) is 0 Å². The summed E-state index contributed by atoms with van der Waals surface area (Å²) in [6.07, 6.45) is 0. The molecular weight excluding hydrogens is 288 g/mol. The average Bonchev–Trinajstić information content (AvgIpc) is 3.01. The second-order valence-electron chi connectivity index (χ2n) is 3.63. The summed E-state index contributed by atoms with van der Waals surface area (Å²) in [7, 11) is 1.25. The maximum atomic E-state index is 11.0. The number of nitrogens with zero attached hydrogens (tertiary/aromatic N) is 5. The van der Waals surface area contributed by atoms with Gasteiger partial charge >= 0.3 is 11.6 Å². The number of nitro groups is 2. The first-order valence-electron chi connectivity index (χ1n) is 5.64. The van der Waals surface area contributed by atoms with Crippen molar-refractivity contribution in [2.45, 2.75) is 6.92 Å². The summed E-state index contributed by atoms with van der Waals surface area (Å²) in [5.74, 6) is -1.22. The van der Waals surface area contributed by atoms with Crippen LogP contribution >= 0.6 is 0 Å². The van der Waals surface area contributed by atoms with E-state index in [0.717, 1.165) is 10.7 Å². The van der Waals surface area contributed by atoms with Crippen LogP contribution in [-0.4, -0.2) is 43.5 Å². The van der Waals surface area contributed by atoms with E-state index in [1.54, 1.807) is 6.92 Å². The maximum absolute atomic E-state index is 11.0. The summed E-state index contributed by atoms with van der Waals surface area (Å²) in [5.41, 5.74) is -0.174. The molecule has 2 heterocycles. The van der Waals surface area contributed by atoms with Gasteiger partial charge in [-0.25, -0.2) is 0 Å². The largest absolute Gasteiger partial charge is 0.480 e. The van der Waals surface area contributed by atoms with Gasteiger partial charge in [-0.3, -0.25) is 0 Å². The molecule has 2 aromatic rings. The van der Waals surface area contributed by atoms with Gasteiger partial charge in [-0.1, -0.05) is 4.68 Å². The van der Waals surface area contributed by atoms with Gasteiger partial charge in [-0.2, -0.15) is 0 Å². The van der Waals surface area contributed by atoms with Crippen LogP contribution in [-0.2, 0) is 0 Å². The van der Waals surface area contributed by atoms with E-state index in [1.807, 2.05) is 0 Å². The fourth-order valence-electron chi connectivity index (χ4n) is 1.61. The van der Waals surface area contributed by atoms with Gasteiger partial charge in [0.25, 0.3) is 11.6 Å². The van der Waals surface area contributed by atoms with Crippen LogP contribution in [0.2, 0.25) is 0 Å². The number of H-pyrrole nitrogens is 1. The van der Waals surface area contributed by atoms with Crippen molar-refractivity contribution < 1.29 is 19.3 Å². The van der Waals surface area contributed by atoms with Gasteiger partial charge < -0.3 is 29.7 Å². The summed E-state index contributed by atoms with van der Waals surface area (Å²) < 4.78 is 11.0. The van der Waals surface area contributed by atoms with Crippen molar-refractivity contribution >= 4 is 11.6 Å². The van der Waals surface area contributed by atoms with E-state index in [-0.39, 0.29) is 24.1 Å². The van der Waals surface area contributed by atoms with Gasteiger partial charge in [0.2, 0.25) is 5.88 Å². The third-order valence-corrected chi connectivity index (χ3v) is 2.43. The van der Waals surface area contributed by atoms with Gasteiger partial charge in [-0.05, 0) is 21.9 Å². The molecule has 0 spiro atoms. The topological polar surface area (TPSA) is 151 Å². The molecule has 0 saturated heterocycles. The predicted octanol–water partition coefficient (Wildman–Crippen LogP) is 0.819. The molecule has 0 aromatic carbocycles. The van der Waals surface area contributed by atoms with E-state index in [9.17, 15) is 20.2 Å². The molecule has 0 saturated carbocycles. The van der Waals surface area contributed by atoms with Crippen LogP contribution in [0.25, 0.3) is 5.69 Å². The molecule has 0 radical (unpaired) electrons. The lowest BCUT2D eigenvalue weighted by molar-refractivity contribution is -0.390. The second kappa shape index (κ2) is 5.44. The maximum Gasteiger partial charge on any atom is 0.394 e. The first-order chi connectivity index (χ1) is 9.99. The third kappa shape index (κ3) is 2.45. The Bertz CT molecular complexity index is 691. The van der Waals surface area contributed by atoms with Crippen molar-refractivity contribution in [2.24, 2.45) is 0 Å². The van der Waals surface area contributed by atoms with Gasteiger partial charge in [0.05, 0.1) is 18.8 Å². The SMILES string of the molecule is CCOc1n[nH]c([N+](=O)[O-])c1-n1nc([N+](=O)[O-])cc1OC. The number of nitrogens with one attached hydrogen (secondary N) is 1. The molecule has 0 bridgehead atoms. The molecular formula is C9H10N6O6. The molecule has 0 aliphatic carbocycles. The molecule has 0 atom stereocenters. The number of hydrogen-bond donors (Lipinski definition) is 1. The monoisotopic (exact) mass is 298 g/mol. The third-order valence-electron chi connectivity index (χ3n) is 2.43. The first-order valence-corrected chi connectivity index (χ1v) is 5.64. The fourth-order valence-corrected chi connectivity index (χ4v) is 1.61. The van der Waals surface area contributed by atoms with Gasteiger partial charge in [0, 0.05) is 0 Å². The van der Waals surface area contributed by atoms with E-state index >= 15 is 0 Å². The first kappa shape index (κ1) is 14.2. The van der Waals surface area contributed by atoms with Crippen LogP contribution in [0.15, 0.2) is 6.07 Å². The summed E-state index contributed by atoms with van der Waals surface area (Å²) in [5, 5.41) is 31.3. The Kier molecular flexibility index (Phi) is 3.69. The molecule has 1 N–H and O–H groups in total. The van der Waals surface area contributed by atoms with Crippen LogP contribution in [0.1, 0.15) is 6.92 Å². The summed E-state index contributed by atoms with van der Waals surface area (Å²) in [6, 6.07) is 1.03. The zero-order valence-electron chi connectivity index (χ0n) is 11.0. The molecule has 12 nitrogen and oxygen atoms in total. The van der Waals surface area contributed by atoms with E-state index < -0.39 is 21.5 Å². The highest BCUT2D eigenvalue weighted by Crippen LogP contribution is 2.34. The van der Waals surface area contributed by atoms with Crippen molar-refractivity contribution in [3.8, 4) is 17.4 Å². The Hall–Kier alpha value is -3.18. The number of aromatic nitrogens is 4. The Labute approximate surface area is 116 Å². The van der Waals surface area contributed by atoms with Gasteiger partial charge in [0.1, 0.15) is 6.07 Å². The van der Waals surface area contributed by atoms with Crippen LogP contribution in [0.5, 0.6) is 11.8 Å². The molecule has 0 aliphatic rings. The Balaban J connectivity index is 2.66. The lowest BCUT2D eigenvalue weighted by Gasteiger charge is -2.02. The van der Waals surface area contributed by atoms with Crippen LogP contribution < -0.4 is 9.47 Å². The molecule has 0 unspecified atom stereocenters. The lowest BCUT2D eigenvalue weighted by Crippen LogP contribution is -2.05. The average molecular weight is 298 g/mol. The fraction of sp³-hybridized carbons (Fsp3) is 0.333. The Morgan fingerprint density at radius 2 is 2.10 bits per heavy atom. The minimum absolute atomic E-state index is 0.0628. The van der Waals surface area contributed by atoms with E-state index in [2.05, 4.69) is 15.3 Å². The normalized spacial score (nSPS) is 10.4. The summed E-state index contributed by atoms with van der Waals surface area (Å²) in [6.45, 7) is 1.85. The van der Waals surface area contributed by atoms with E-state index in [1.165, 1.54) is 7.11 Å². The van der Waals surface area contributed by atoms with Crippen LogP contribution in [0.3, 0.4) is 0 Å². The lowest BCUT2D eigenvalue weighted by atomic mass is 10.5. The van der Waals surface area contributed by atoms with Crippen LogP contribution in [0.4, 0.5) is 11.6 Å².